The molecule has 114 valence electrons. The van der Waals surface area contributed by atoms with E-state index in [0.29, 0.717) is 12.6 Å². The SMILES string of the molecule is CCCNC(CC)c1ccn(CC(=O)NC(C)CC)c1. The lowest BCUT2D eigenvalue weighted by Crippen LogP contribution is -2.34. The maximum atomic E-state index is 11.9. The maximum absolute atomic E-state index is 11.9. The predicted molar refractivity (Wildman–Crippen MR) is 83.7 cm³/mol. The van der Waals surface area contributed by atoms with Crippen molar-refractivity contribution in [1.29, 1.82) is 0 Å². The summed E-state index contributed by atoms with van der Waals surface area (Å²) < 4.78 is 1.96. The Balaban J connectivity index is 2.55. The summed E-state index contributed by atoms with van der Waals surface area (Å²) in [5.74, 6) is 0.0797. The van der Waals surface area contributed by atoms with Gasteiger partial charge in [0.25, 0.3) is 0 Å². The topological polar surface area (TPSA) is 46.1 Å². The van der Waals surface area contributed by atoms with E-state index in [1.54, 1.807) is 0 Å². The van der Waals surface area contributed by atoms with Crippen LogP contribution >= 0.6 is 0 Å². The van der Waals surface area contributed by atoms with Gasteiger partial charge in [0.1, 0.15) is 6.54 Å². The molecule has 2 atom stereocenters. The molecule has 20 heavy (non-hydrogen) atoms. The molecule has 0 saturated carbocycles. The van der Waals surface area contributed by atoms with Crippen molar-refractivity contribution in [2.24, 2.45) is 0 Å². The van der Waals surface area contributed by atoms with Crippen LogP contribution in [0, 0.1) is 0 Å². The number of carbonyl (C=O) groups is 1. The zero-order valence-corrected chi connectivity index (χ0v) is 13.3. The smallest absolute Gasteiger partial charge is 0.240 e. The zero-order chi connectivity index (χ0) is 15.0. The third-order valence-corrected chi connectivity index (χ3v) is 3.57. The highest BCUT2D eigenvalue weighted by molar-refractivity contribution is 5.76. The van der Waals surface area contributed by atoms with E-state index in [-0.39, 0.29) is 11.9 Å². The molecule has 4 nitrogen and oxygen atoms in total. The van der Waals surface area contributed by atoms with Crippen LogP contribution in [0.4, 0.5) is 0 Å². The number of nitrogens with zero attached hydrogens (tertiary/aromatic N) is 1. The highest BCUT2D eigenvalue weighted by Crippen LogP contribution is 2.16. The van der Waals surface area contributed by atoms with Crippen LogP contribution in [-0.2, 0) is 11.3 Å². The standard InChI is InChI=1S/C16H29N3O/c1-5-9-17-15(7-3)14-8-10-19(11-14)12-16(20)18-13(4)6-2/h8,10-11,13,15,17H,5-7,9,12H2,1-4H3,(H,18,20). The molecule has 4 heteroatoms. The highest BCUT2D eigenvalue weighted by Gasteiger charge is 2.11. The molecule has 0 aliphatic heterocycles. The Morgan fingerprint density at radius 1 is 1.30 bits per heavy atom. The normalized spacial score (nSPS) is 14.0. The first kappa shape index (κ1) is 16.8. The fraction of sp³-hybridized carbons (Fsp3) is 0.688. The Kier molecular flexibility index (Phi) is 7.37. The third kappa shape index (κ3) is 5.37. The molecule has 0 radical (unpaired) electrons. The molecule has 0 aromatic carbocycles. The number of rotatable bonds is 9. The third-order valence-electron chi connectivity index (χ3n) is 3.57. The molecule has 0 bridgehead atoms. The van der Waals surface area contributed by atoms with Gasteiger partial charge in [-0.3, -0.25) is 4.79 Å². The lowest BCUT2D eigenvalue weighted by atomic mass is 10.1. The fourth-order valence-corrected chi connectivity index (χ4v) is 2.17. The van der Waals surface area contributed by atoms with Crippen LogP contribution in [0.1, 0.15) is 58.6 Å². The molecule has 0 saturated heterocycles. The van der Waals surface area contributed by atoms with Gasteiger partial charge >= 0.3 is 0 Å². The molecule has 1 aromatic heterocycles. The van der Waals surface area contributed by atoms with Crippen molar-refractivity contribution in [3.63, 3.8) is 0 Å². The lowest BCUT2D eigenvalue weighted by Gasteiger charge is -2.15. The van der Waals surface area contributed by atoms with Crippen molar-refractivity contribution in [3.8, 4) is 0 Å². The Morgan fingerprint density at radius 2 is 2.05 bits per heavy atom. The summed E-state index contributed by atoms with van der Waals surface area (Å²) in [7, 11) is 0. The van der Waals surface area contributed by atoms with Crippen molar-refractivity contribution in [1.82, 2.24) is 15.2 Å². The van der Waals surface area contributed by atoms with E-state index in [0.717, 1.165) is 25.8 Å². The van der Waals surface area contributed by atoms with Crippen molar-refractivity contribution < 1.29 is 4.79 Å². The molecule has 1 aromatic rings. The maximum Gasteiger partial charge on any atom is 0.240 e. The first-order chi connectivity index (χ1) is 9.60. The Bertz CT molecular complexity index is 400. The van der Waals surface area contributed by atoms with Crippen LogP contribution in [0.3, 0.4) is 0 Å². The van der Waals surface area contributed by atoms with Gasteiger partial charge in [0.05, 0.1) is 0 Å². The number of nitrogens with one attached hydrogen (secondary N) is 2. The van der Waals surface area contributed by atoms with Gasteiger partial charge in [-0.05, 0) is 44.4 Å². The molecular formula is C16H29N3O. The quantitative estimate of drug-likeness (QED) is 0.730. The van der Waals surface area contributed by atoms with Gasteiger partial charge in [-0.25, -0.2) is 0 Å². The lowest BCUT2D eigenvalue weighted by molar-refractivity contribution is -0.122. The second kappa shape index (κ2) is 8.80. The van der Waals surface area contributed by atoms with Crippen molar-refractivity contribution in [2.45, 2.75) is 65.6 Å². The van der Waals surface area contributed by atoms with Crippen molar-refractivity contribution in [2.75, 3.05) is 6.54 Å². The molecule has 0 aliphatic rings. The summed E-state index contributed by atoms with van der Waals surface area (Å²) in [5.41, 5.74) is 1.26. The van der Waals surface area contributed by atoms with Crippen LogP contribution in [0.2, 0.25) is 0 Å². The number of hydrogen-bond acceptors (Lipinski definition) is 2. The molecule has 1 heterocycles. The van der Waals surface area contributed by atoms with E-state index < -0.39 is 0 Å². The number of hydrogen-bond donors (Lipinski definition) is 2. The summed E-state index contributed by atoms with van der Waals surface area (Å²) in [5, 5.41) is 6.52. The van der Waals surface area contributed by atoms with E-state index >= 15 is 0 Å². The highest BCUT2D eigenvalue weighted by atomic mass is 16.2. The predicted octanol–water partition coefficient (Wildman–Crippen LogP) is 2.85. The molecule has 0 fully saturated rings. The molecule has 0 aliphatic carbocycles. The van der Waals surface area contributed by atoms with Gasteiger partial charge in [0.2, 0.25) is 5.91 Å². The minimum atomic E-state index is 0.0797. The first-order valence-electron chi connectivity index (χ1n) is 7.79. The summed E-state index contributed by atoms with van der Waals surface area (Å²) in [6, 6.07) is 2.73. The van der Waals surface area contributed by atoms with Crippen LogP contribution < -0.4 is 10.6 Å². The van der Waals surface area contributed by atoms with Gasteiger partial charge in [-0.15, -0.1) is 0 Å². The minimum Gasteiger partial charge on any atom is -0.352 e. The first-order valence-corrected chi connectivity index (χ1v) is 7.79. The molecular weight excluding hydrogens is 250 g/mol. The van der Waals surface area contributed by atoms with E-state index in [9.17, 15) is 4.79 Å². The summed E-state index contributed by atoms with van der Waals surface area (Å²) in [4.78, 5) is 11.9. The van der Waals surface area contributed by atoms with E-state index in [2.05, 4.69) is 43.7 Å². The number of aromatic nitrogens is 1. The van der Waals surface area contributed by atoms with Crippen LogP contribution in [0.15, 0.2) is 18.5 Å². The molecule has 1 rings (SSSR count). The minimum absolute atomic E-state index is 0.0797. The number of amides is 1. The van der Waals surface area contributed by atoms with Crippen molar-refractivity contribution in [3.05, 3.63) is 24.0 Å². The largest absolute Gasteiger partial charge is 0.352 e. The summed E-state index contributed by atoms with van der Waals surface area (Å²) in [6.07, 6.45) is 7.22. The molecule has 2 N–H and O–H groups in total. The Morgan fingerprint density at radius 3 is 2.65 bits per heavy atom. The van der Waals surface area contributed by atoms with E-state index in [1.807, 2.05) is 17.7 Å². The Labute approximate surface area is 122 Å². The molecule has 1 amide bonds. The average molecular weight is 279 g/mol. The van der Waals surface area contributed by atoms with Crippen LogP contribution in [-0.4, -0.2) is 23.1 Å². The van der Waals surface area contributed by atoms with Crippen molar-refractivity contribution >= 4 is 5.91 Å². The molecule has 0 spiro atoms. The Hall–Kier alpha value is -1.29. The second-order valence-electron chi connectivity index (χ2n) is 5.41. The van der Waals surface area contributed by atoms with Crippen LogP contribution in [0.25, 0.3) is 0 Å². The molecule has 2 unspecified atom stereocenters. The fourth-order valence-electron chi connectivity index (χ4n) is 2.17. The van der Waals surface area contributed by atoms with Gasteiger partial charge in [0.15, 0.2) is 0 Å². The summed E-state index contributed by atoms with van der Waals surface area (Å²) in [6.45, 7) is 9.88. The van der Waals surface area contributed by atoms with E-state index in [4.69, 9.17) is 0 Å². The summed E-state index contributed by atoms with van der Waals surface area (Å²) >= 11 is 0. The van der Waals surface area contributed by atoms with Crippen LogP contribution in [0.5, 0.6) is 0 Å². The zero-order valence-electron chi connectivity index (χ0n) is 13.3. The van der Waals surface area contributed by atoms with Gasteiger partial charge < -0.3 is 15.2 Å². The van der Waals surface area contributed by atoms with Gasteiger partial charge in [0, 0.05) is 24.5 Å². The van der Waals surface area contributed by atoms with Gasteiger partial charge in [-0.2, -0.15) is 0 Å². The monoisotopic (exact) mass is 279 g/mol. The average Bonchev–Trinajstić information content (AvgIpc) is 2.87. The van der Waals surface area contributed by atoms with E-state index in [1.165, 1.54) is 5.56 Å². The second-order valence-corrected chi connectivity index (χ2v) is 5.41. The van der Waals surface area contributed by atoms with Gasteiger partial charge in [-0.1, -0.05) is 20.8 Å². The number of carbonyl (C=O) groups excluding carboxylic acids is 1.